The van der Waals surface area contributed by atoms with Crippen molar-refractivity contribution in [3.8, 4) is 0 Å². The summed E-state index contributed by atoms with van der Waals surface area (Å²) in [5.41, 5.74) is 1.92. The summed E-state index contributed by atoms with van der Waals surface area (Å²) in [5, 5.41) is 3.44. The highest BCUT2D eigenvalue weighted by molar-refractivity contribution is 6.30. The summed E-state index contributed by atoms with van der Waals surface area (Å²) < 4.78 is 19.0. The van der Waals surface area contributed by atoms with E-state index in [0.717, 1.165) is 0 Å². The van der Waals surface area contributed by atoms with Crippen molar-refractivity contribution in [3.05, 3.63) is 81.8 Å². The van der Waals surface area contributed by atoms with Crippen LogP contribution in [0.5, 0.6) is 0 Å². The number of hydrogen-bond acceptors (Lipinski definition) is 5. The first-order chi connectivity index (χ1) is 17.7. The largest absolute Gasteiger partial charge is 0.463 e. The Bertz CT molecular complexity index is 1220. The number of nitrogens with zero attached hydrogens (tertiary/aromatic N) is 3. The molecule has 0 aromatic heterocycles. The van der Waals surface area contributed by atoms with E-state index >= 15 is 0 Å². The van der Waals surface area contributed by atoms with Gasteiger partial charge in [0.25, 0.3) is 5.91 Å². The van der Waals surface area contributed by atoms with Crippen LogP contribution in [-0.4, -0.2) is 78.5 Å². The van der Waals surface area contributed by atoms with E-state index in [9.17, 15) is 18.8 Å². The van der Waals surface area contributed by atoms with Gasteiger partial charge in [-0.2, -0.15) is 0 Å². The van der Waals surface area contributed by atoms with Gasteiger partial charge < -0.3 is 15.0 Å². The number of likely N-dealkylation sites (N-methyl/N-ethyl adjacent to an activating group) is 1. The number of piperazine rings is 1. The molecule has 1 N–H and O–H groups in total. The molecule has 8 nitrogen and oxygen atoms in total. The van der Waals surface area contributed by atoms with Crippen molar-refractivity contribution >= 4 is 29.5 Å². The number of halogens is 2. The number of carbonyl (C=O) groups is 3. The number of ether oxygens (including phenoxy) is 1. The lowest BCUT2D eigenvalue weighted by molar-refractivity contribution is -0.139. The molecule has 10 heteroatoms. The zero-order valence-corrected chi connectivity index (χ0v) is 21.8. The Labute approximate surface area is 220 Å². The lowest BCUT2D eigenvalue weighted by Gasteiger charge is -2.42. The molecule has 2 aromatic carbocycles. The first-order valence-electron chi connectivity index (χ1n) is 12.2. The lowest BCUT2D eigenvalue weighted by atomic mass is 9.94. The van der Waals surface area contributed by atoms with Gasteiger partial charge in [0.15, 0.2) is 0 Å². The van der Waals surface area contributed by atoms with Crippen LogP contribution >= 0.6 is 11.6 Å². The normalized spacial score (nSPS) is 20.6. The molecule has 0 radical (unpaired) electrons. The second-order valence-electron chi connectivity index (χ2n) is 9.17. The van der Waals surface area contributed by atoms with Crippen LogP contribution in [0.1, 0.15) is 35.8 Å². The van der Waals surface area contributed by atoms with E-state index in [-0.39, 0.29) is 24.6 Å². The molecule has 4 rings (SSSR count). The van der Waals surface area contributed by atoms with Gasteiger partial charge in [-0.05, 0) is 49.7 Å². The monoisotopic (exact) mass is 528 g/mol. The van der Waals surface area contributed by atoms with Crippen molar-refractivity contribution in [1.29, 1.82) is 0 Å². The van der Waals surface area contributed by atoms with Crippen LogP contribution < -0.4 is 5.32 Å². The van der Waals surface area contributed by atoms with Crippen LogP contribution in [0, 0.1) is 5.82 Å². The Morgan fingerprint density at radius 2 is 1.89 bits per heavy atom. The summed E-state index contributed by atoms with van der Waals surface area (Å²) in [4.78, 5) is 44.3. The fourth-order valence-electron chi connectivity index (χ4n) is 4.78. The van der Waals surface area contributed by atoms with Crippen molar-refractivity contribution in [2.75, 3.05) is 39.8 Å². The second-order valence-corrected chi connectivity index (χ2v) is 9.60. The quantitative estimate of drug-likeness (QED) is 0.576. The fourth-order valence-corrected chi connectivity index (χ4v) is 4.91. The molecule has 0 aliphatic carbocycles. The van der Waals surface area contributed by atoms with E-state index in [1.165, 1.54) is 23.1 Å². The van der Waals surface area contributed by atoms with E-state index in [2.05, 4.69) is 10.2 Å². The SMILES string of the molecule is CCOC(=O)C1=C(CN2CCN(C(=O)c3cccc(F)c3)[C@H](C)C2)N(C)C(=O)N[C@@H]1c1ccc(Cl)cc1. The third-order valence-corrected chi connectivity index (χ3v) is 6.94. The zero-order valence-electron chi connectivity index (χ0n) is 21.0. The average molecular weight is 529 g/mol. The predicted octanol–water partition coefficient (Wildman–Crippen LogP) is 3.84. The van der Waals surface area contributed by atoms with Gasteiger partial charge in [0.1, 0.15) is 5.82 Å². The molecule has 2 atom stereocenters. The lowest BCUT2D eigenvalue weighted by Crippen LogP contribution is -2.56. The molecule has 0 saturated carbocycles. The van der Waals surface area contributed by atoms with Gasteiger partial charge in [-0.3, -0.25) is 14.6 Å². The minimum Gasteiger partial charge on any atom is -0.463 e. The molecule has 0 unspecified atom stereocenters. The van der Waals surface area contributed by atoms with Crippen LogP contribution in [-0.2, 0) is 9.53 Å². The summed E-state index contributed by atoms with van der Waals surface area (Å²) in [6, 6.07) is 11.4. The van der Waals surface area contributed by atoms with Crippen molar-refractivity contribution in [1.82, 2.24) is 20.0 Å². The number of rotatable bonds is 6. The molecule has 1 fully saturated rings. The van der Waals surface area contributed by atoms with Crippen LogP contribution in [0.3, 0.4) is 0 Å². The van der Waals surface area contributed by atoms with Crippen molar-refractivity contribution in [3.63, 3.8) is 0 Å². The van der Waals surface area contributed by atoms with E-state index in [0.29, 0.717) is 53.6 Å². The first kappa shape index (κ1) is 26.6. The number of benzene rings is 2. The van der Waals surface area contributed by atoms with Crippen LogP contribution in [0.4, 0.5) is 9.18 Å². The summed E-state index contributed by atoms with van der Waals surface area (Å²) in [6.45, 7) is 5.63. The van der Waals surface area contributed by atoms with E-state index < -0.39 is 17.8 Å². The molecule has 1 saturated heterocycles. The summed E-state index contributed by atoms with van der Waals surface area (Å²) in [6.07, 6.45) is 0. The van der Waals surface area contributed by atoms with Crippen LogP contribution in [0.2, 0.25) is 5.02 Å². The van der Waals surface area contributed by atoms with Crippen molar-refractivity contribution < 1.29 is 23.5 Å². The summed E-state index contributed by atoms with van der Waals surface area (Å²) >= 11 is 6.05. The van der Waals surface area contributed by atoms with Crippen LogP contribution in [0.15, 0.2) is 59.8 Å². The zero-order chi connectivity index (χ0) is 26.7. The summed E-state index contributed by atoms with van der Waals surface area (Å²) in [7, 11) is 1.62. The van der Waals surface area contributed by atoms with Gasteiger partial charge in [0, 0.05) is 55.6 Å². The molecule has 0 spiro atoms. The number of carbonyl (C=O) groups excluding carboxylic acids is 3. The topological polar surface area (TPSA) is 82.2 Å². The molecule has 37 heavy (non-hydrogen) atoms. The third kappa shape index (κ3) is 5.78. The predicted molar refractivity (Wildman–Crippen MR) is 137 cm³/mol. The molecule has 196 valence electrons. The Kier molecular flexibility index (Phi) is 8.14. The third-order valence-electron chi connectivity index (χ3n) is 6.69. The Hall–Kier alpha value is -3.43. The van der Waals surface area contributed by atoms with Gasteiger partial charge in [-0.1, -0.05) is 29.8 Å². The highest BCUT2D eigenvalue weighted by Gasteiger charge is 2.38. The highest BCUT2D eigenvalue weighted by atomic mass is 35.5. The van der Waals surface area contributed by atoms with Gasteiger partial charge in [0.05, 0.1) is 18.2 Å². The maximum Gasteiger partial charge on any atom is 0.338 e. The Balaban J connectivity index is 1.59. The maximum absolute atomic E-state index is 13.6. The number of nitrogens with one attached hydrogen (secondary N) is 1. The number of urea groups is 1. The minimum atomic E-state index is -0.691. The molecule has 3 amide bonds. The van der Waals surface area contributed by atoms with Crippen LogP contribution in [0.25, 0.3) is 0 Å². The minimum absolute atomic E-state index is 0.161. The van der Waals surface area contributed by atoms with Crippen molar-refractivity contribution in [2.24, 2.45) is 0 Å². The van der Waals surface area contributed by atoms with E-state index in [4.69, 9.17) is 16.3 Å². The van der Waals surface area contributed by atoms with Gasteiger partial charge in [-0.25, -0.2) is 14.0 Å². The highest BCUT2D eigenvalue weighted by Crippen LogP contribution is 2.32. The van der Waals surface area contributed by atoms with Gasteiger partial charge in [-0.15, -0.1) is 0 Å². The molecule has 2 heterocycles. The Morgan fingerprint density at radius 1 is 1.16 bits per heavy atom. The molecular formula is C27H30ClFN4O4. The van der Waals surface area contributed by atoms with Crippen molar-refractivity contribution in [2.45, 2.75) is 25.9 Å². The Morgan fingerprint density at radius 3 is 2.54 bits per heavy atom. The maximum atomic E-state index is 13.6. The molecule has 0 bridgehead atoms. The van der Waals surface area contributed by atoms with Gasteiger partial charge >= 0.3 is 12.0 Å². The average Bonchev–Trinajstić information content (AvgIpc) is 2.87. The standard InChI is InChI=1S/C27H30ClFN4O4/c1-4-37-26(35)23-22(31(3)27(36)30-24(23)18-8-10-20(28)11-9-18)16-32-12-13-33(17(2)15-32)25(34)19-6-5-7-21(29)14-19/h5-11,14,17,24H,4,12-13,15-16H2,1-3H3,(H,30,36)/t17-,24-/m1/s1. The van der Waals surface area contributed by atoms with Gasteiger partial charge in [0.2, 0.25) is 0 Å². The molecule has 2 aliphatic rings. The second kappa shape index (κ2) is 11.3. The summed E-state index contributed by atoms with van der Waals surface area (Å²) in [5.74, 6) is -1.18. The first-order valence-corrected chi connectivity index (χ1v) is 12.6. The number of hydrogen-bond donors (Lipinski definition) is 1. The number of esters is 1. The number of amides is 3. The molecule has 2 aliphatic heterocycles. The smallest absolute Gasteiger partial charge is 0.338 e. The fraction of sp³-hybridized carbons (Fsp3) is 0.370. The molecule has 2 aromatic rings. The molecular weight excluding hydrogens is 499 g/mol. The van der Waals surface area contributed by atoms with E-state index in [1.807, 2.05) is 6.92 Å². The van der Waals surface area contributed by atoms with E-state index in [1.54, 1.807) is 49.2 Å².